The summed E-state index contributed by atoms with van der Waals surface area (Å²) < 4.78 is 17.2. The van der Waals surface area contributed by atoms with Gasteiger partial charge in [0.1, 0.15) is 22.3 Å². The summed E-state index contributed by atoms with van der Waals surface area (Å²) in [5.74, 6) is 0. The minimum absolute atomic E-state index is 0.754. The number of hydrogen-bond acceptors (Lipinski definition) is 4. The zero-order valence-corrected chi connectivity index (χ0v) is 63.4. The second-order valence-electron chi connectivity index (χ2n) is 28.8. The Morgan fingerprint density at radius 2 is 0.530 bits per heavy atom. The van der Waals surface area contributed by atoms with Crippen LogP contribution in [0.1, 0.15) is 0 Å². The third-order valence-corrected chi connectivity index (χ3v) is 22.2. The van der Waals surface area contributed by atoms with Crippen LogP contribution in [0.15, 0.2) is 446 Å². The summed E-state index contributed by atoms with van der Waals surface area (Å²) in [4.78, 5) is 2.32. The van der Waals surface area contributed by atoms with Gasteiger partial charge in [0.05, 0.1) is 22.1 Å². The number of furan rings is 2. The van der Waals surface area contributed by atoms with E-state index in [2.05, 4.69) is 414 Å². The molecule has 0 saturated carbocycles. The van der Waals surface area contributed by atoms with Crippen molar-refractivity contribution in [3.63, 3.8) is 0 Å². The molecule has 0 fully saturated rings. The van der Waals surface area contributed by atoms with Gasteiger partial charge in [-0.05, 0) is 177 Å². The highest BCUT2D eigenvalue weighted by molar-refractivity contribution is 6.30. The second kappa shape index (κ2) is 30.4. The van der Waals surface area contributed by atoms with Crippen LogP contribution in [0.3, 0.4) is 0 Å². The highest BCUT2D eigenvalue weighted by Gasteiger charge is 2.22. The maximum atomic E-state index is 6.41. The Morgan fingerprint density at radius 3 is 0.991 bits per heavy atom. The van der Waals surface area contributed by atoms with E-state index in [1.807, 2.05) is 42.5 Å². The quantitative estimate of drug-likeness (QED) is 0.125. The van der Waals surface area contributed by atoms with Crippen LogP contribution in [-0.2, 0) is 0 Å². The predicted octanol–water partition coefficient (Wildman–Crippen LogP) is 30.9. The molecule has 0 aliphatic rings. The zero-order chi connectivity index (χ0) is 76.5. The van der Waals surface area contributed by atoms with Crippen molar-refractivity contribution in [2.45, 2.75) is 0 Å². The van der Waals surface area contributed by atoms with Crippen LogP contribution in [0.4, 0.5) is 28.4 Å². The Bertz CT molecular complexity index is 7270. The van der Waals surface area contributed by atoms with Crippen LogP contribution >= 0.6 is 11.6 Å². The van der Waals surface area contributed by atoms with Gasteiger partial charge in [0.15, 0.2) is 0 Å². The number of hydrogen-bond donors (Lipinski definition) is 1. The van der Waals surface area contributed by atoms with Crippen molar-refractivity contribution < 1.29 is 8.83 Å². The van der Waals surface area contributed by atoms with E-state index >= 15 is 0 Å². The number of fused-ring (bicyclic) bond motifs is 12. The number of anilines is 5. The van der Waals surface area contributed by atoms with Crippen molar-refractivity contribution >= 4 is 128 Å². The standard InChI is InChI=1S/C54H36N2O.C30H21NO.C24H16ClN/c1-3-14-37(15-4-1)44-18-7-8-19-45(44)38-26-30-41(31-27-38)55(43-34-35-49-48-21-10-12-25-52(48)57-53(49)36-43)42-32-28-39(29-33-42)46-22-13-23-50-47-20-9-11-24-51(47)56(54(46)50)40-16-5-2-6-17-40;1-2-8-21(9-3-1)25-10-4-5-11-26(25)22-14-16-23(17-15-22)31-24-18-19-28-27-12-6-7-13-29(27)32-30(28)20-24;25-18-15-13-17(14-16-18)20-10-6-11-22-21-9-4-5-12-23(21)26(24(20)22)19-7-2-1-3-8-19/h1-36H;1-20,31H;1-16H. The molecule has 4 aromatic heterocycles. The largest absolute Gasteiger partial charge is 0.456 e. The summed E-state index contributed by atoms with van der Waals surface area (Å²) in [6.45, 7) is 0. The van der Waals surface area contributed by atoms with Crippen molar-refractivity contribution in [2.75, 3.05) is 10.2 Å². The molecule has 22 aromatic rings. The van der Waals surface area contributed by atoms with E-state index in [1.54, 1.807) is 0 Å². The molecule has 0 atom stereocenters. The van der Waals surface area contributed by atoms with Gasteiger partial charge in [0, 0.05) is 111 Å². The van der Waals surface area contributed by atoms with Gasteiger partial charge >= 0.3 is 0 Å². The molecule has 22 rings (SSSR count). The number of halogens is 1. The normalized spacial score (nSPS) is 11.3. The second-order valence-corrected chi connectivity index (χ2v) is 29.3. The minimum atomic E-state index is 0.754. The predicted molar refractivity (Wildman–Crippen MR) is 485 cm³/mol. The maximum Gasteiger partial charge on any atom is 0.137 e. The number of benzene rings is 18. The van der Waals surface area contributed by atoms with E-state index in [9.17, 15) is 0 Å². The molecule has 1 N–H and O–H groups in total. The molecular weight excluding hydrogens is 1420 g/mol. The Labute approximate surface area is 671 Å². The van der Waals surface area contributed by atoms with Crippen molar-refractivity contribution in [1.82, 2.24) is 9.13 Å². The van der Waals surface area contributed by atoms with Gasteiger partial charge in [-0.1, -0.05) is 315 Å². The average Bonchev–Trinajstić information content (AvgIpc) is 1.59. The SMILES string of the molecule is Clc1ccc(-c2cccc3c4ccccc4n(-c4ccccc4)c23)cc1.c1ccc(-c2ccccc2-c2ccc(N(c3ccc(-c4cccc5c6ccccc6n(-c6ccccc6)c45)cc3)c3ccc4c(c3)oc3ccccc34)cc2)cc1.c1ccc(-c2ccccc2-c2ccc(Nc3ccc4c(c3)oc3ccccc34)cc2)cc1. The molecule has 0 saturated heterocycles. The molecule has 6 nitrogen and oxygen atoms in total. The van der Waals surface area contributed by atoms with Crippen molar-refractivity contribution in [1.29, 1.82) is 0 Å². The number of para-hydroxylation sites is 8. The average molecular weight is 1490 g/mol. The minimum Gasteiger partial charge on any atom is -0.456 e. The first-order valence-electron chi connectivity index (χ1n) is 38.9. The highest BCUT2D eigenvalue weighted by atomic mass is 35.5. The van der Waals surface area contributed by atoms with E-state index in [4.69, 9.17) is 20.4 Å². The Morgan fingerprint density at radius 1 is 0.217 bits per heavy atom. The van der Waals surface area contributed by atoms with E-state index in [1.165, 1.54) is 110 Å². The molecule has 544 valence electrons. The van der Waals surface area contributed by atoms with Gasteiger partial charge in [-0.25, -0.2) is 0 Å². The highest BCUT2D eigenvalue weighted by Crippen LogP contribution is 2.45. The number of nitrogens with one attached hydrogen (secondary N) is 1. The van der Waals surface area contributed by atoms with E-state index in [0.29, 0.717) is 0 Å². The van der Waals surface area contributed by atoms with Gasteiger partial charge in [-0.2, -0.15) is 0 Å². The summed E-state index contributed by atoms with van der Waals surface area (Å²) in [6.07, 6.45) is 0. The van der Waals surface area contributed by atoms with E-state index in [-0.39, 0.29) is 0 Å². The van der Waals surface area contributed by atoms with Crippen molar-refractivity contribution in [3.8, 4) is 78.1 Å². The van der Waals surface area contributed by atoms with Crippen LogP contribution in [-0.4, -0.2) is 9.13 Å². The van der Waals surface area contributed by atoms with Crippen LogP contribution in [0, 0.1) is 0 Å². The molecule has 0 unspecified atom stereocenters. The van der Waals surface area contributed by atoms with Gasteiger partial charge < -0.3 is 28.2 Å². The summed E-state index contributed by atoms with van der Waals surface area (Å²) in [7, 11) is 0. The summed E-state index contributed by atoms with van der Waals surface area (Å²) >= 11 is 6.10. The molecule has 0 spiro atoms. The molecular formula is C108H73ClN4O2. The van der Waals surface area contributed by atoms with Crippen LogP contribution in [0.25, 0.3) is 166 Å². The van der Waals surface area contributed by atoms with E-state index < -0.39 is 0 Å². The monoisotopic (exact) mass is 1490 g/mol. The van der Waals surface area contributed by atoms with Crippen molar-refractivity contribution in [3.05, 3.63) is 442 Å². The molecule has 7 heteroatoms. The molecule has 0 bridgehead atoms. The Hall–Kier alpha value is -15.0. The molecule has 0 aliphatic carbocycles. The summed E-state index contributed by atoms with van der Waals surface area (Å²) in [5, 5.41) is 13.8. The molecule has 115 heavy (non-hydrogen) atoms. The van der Waals surface area contributed by atoms with Gasteiger partial charge in [0.25, 0.3) is 0 Å². The third-order valence-electron chi connectivity index (χ3n) is 22.0. The van der Waals surface area contributed by atoms with Crippen molar-refractivity contribution in [2.24, 2.45) is 0 Å². The summed E-state index contributed by atoms with van der Waals surface area (Å²) in [5.41, 5.74) is 30.3. The van der Waals surface area contributed by atoms with Crippen LogP contribution in [0.2, 0.25) is 5.02 Å². The van der Waals surface area contributed by atoms with Gasteiger partial charge in [-0.15, -0.1) is 0 Å². The molecule has 18 aromatic carbocycles. The fourth-order valence-corrected chi connectivity index (χ4v) is 16.7. The lowest BCUT2D eigenvalue weighted by Crippen LogP contribution is -2.09. The molecule has 4 heterocycles. The fraction of sp³-hybridized carbons (Fsp3) is 0. The van der Waals surface area contributed by atoms with Gasteiger partial charge in [0.2, 0.25) is 0 Å². The first-order chi connectivity index (χ1) is 57.0. The smallest absolute Gasteiger partial charge is 0.137 e. The van der Waals surface area contributed by atoms with Crippen LogP contribution < -0.4 is 10.2 Å². The number of aromatic nitrogens is 2. The zero-order valence-electron chi connectivity index (χ0n) is 62.6. The first-order valence-corrected chi connectivity index (χ1v) is 39.3. The summed E-state index contributed by atoms with van der Waals surface area (Å²) in [6, 6.07) is 154. The topological polar surface area (TPSA) is 51.4 Å². The van der Waals surface area contributed by atoms with E-state index in [0.717, 1.165) is 88.6 Å². The number of rotatable bonds is 13. The number of nitrogens with zero attached hydrogens (tertiary/aromatic N) is 3. The molecule has 0 amide bonds. The molecule has 0 radical (unpaired) electrons. The lowest BCUT2D eigenvalue weighted by Gasteiger charge is -2.26. The maximum absolute atomic E-state index is 6.41. The van der Waals surface area contributed by atoms with Crippen LogP contribution in [0.5, 0.6) is 0 Å². The Kier molecular flexibility index (Phi) is 18.3. The fourth-order valence-electron chi connectivity index (χ4n) is 16.6. The van der Waals surface area contributed by atoms with Gasteiger partial charge in [-0.3, -0.25) is 0 Å². The first kappa shape index (κ1) is 69.3. The third kappa shape index (κ3) is 13.3. The Balaban J connectivity index is 0.000000124. The lowest BCUT2D eigenvalue weighted by molar-refractivity contribution is 0.668. The molecule has 0 aliphatic heterocycles. The lowest BCUT2D eigenvalue weighted by atomic mass is 9.94.